The summed E-state index contributed by atoms with van der Waals surface area (Å²) in [6.07, 6.45) is 1.42. The third kappa shape index (κ3) is 5.49. The number of rotatable bonds is 10. The van der Waals surface area contributed by atoms with Gasteiger partial charge in [-0.05, 0) is 60.7 Å². The normalized spacial score (nSPS) is 10.2. The van der Waals surface area contributed by atoms with Crippen LogP contribution in [0.5, 0.6) is 17.2 Å². The lowest BCUT2D eigenvalue weighted by Crippen LogP contribution is -2.10. The molecule has 160 valence electrons. The van der Waals surface area contributed by atoms with Crippen molar-refractivity contribution >= 4 is 17.1 Å². The summed E-state index contributed by atoms with van der Waals surface area (Å²) in [5, 5.41) is 0. The monoisotopic (exact) mass is 423 g/mol. The van der Waals surface area contributed by atoms with Gasteiger partial charge in [-0.3, -0.25) is 0 Å². The van der Waals surface area contributed by atoms with E-state index in [1.165, 1.54) is 6.26 Å². The Hall–Kier alpha value is -4.18. The molecule has 0 aliphatic heterocycles. The van der Waals surface area contributed by atoms with Crippen LogP contribution in [0.3, 0.4) is 0 Å². The van der Waals surface area contributed by atoms with Crippen molar-refractivity contribution in [2.24, 2.45) is 0 Å². The van der Waals surface area contributed by atoms with Gasteiger partial charge < -0.3 is 19.1 Å². The van der Waals surface area contributed by atoms with Gasteiger partial charge in [0.25, 0.3) is 0 Å². The maximum Gasteiger partial charge on any atom is 0.127 e. The first-order valence-corrected chi connectivity index (χ1v) is 10.5. The van der Waals surface area contributed by atoms with Gasteiger partial charge in [-0.15, -0.1) is 0 Å². The lowest BCUT2D eigenvalue weighted by Gasteiger charge is -2.26. The number of ether oxygens (including phenoxy) is 3. The molecule has 4 nitrogen and oxygen atoms in total. The Labute approximate surface area is 188 Å². The standard InChI is InChI=1S/C28H25NO3/c1-2-30-20-21-31-28-15-9-12-25(22-28)29(23-10-5-3-6-11-23)24-16-18-27(19-17-24)32-26-13-7-4-8-14-26/h2-19,22H,1,20-21H2. The Morgan fingerprint density at radius 3 is 1.91 bits per heavy atom. The summed E-state index contributed by atoms with van der Waals surface area (Å²) in [6, 6.07) is 36.1. The third-order valence-electron chi connectivity index (χ3n) is 4.75. The number of hydrogen-bond acceptors (Lipinski definition) is 4. The molecule has 0 saturated carbocycles. The second kappa shape index (κ2) is 10.7. The molecule has 0 heterocycles. The van der Waals surface area contributed by atoms with E-state index in [9.17, 15) is 0 Å². The highest BCUT2D eigenvalue weighted by Gasteiger charge is 2.13. The van der Waals surface area contributed by atoms with Gasteiger partial charge in [0.15, 0.2) is 0 Å². The van der Waals surface area contributed by atoms with E-state index in [1.54, 1.807) is 0 Å². The van der Waals surface area contributed by atoms with E-state index in [2.05, 4.69) is 41.8 Å². The molecule has 0 spiro atoms. The van der Waals surface area contributed by atoms with Crippen molar-refractivity contribution in [2.75, 3.05) is 18.1 Å². The molecule has 4 heteroatoms. The van der Waals surface area contributed by atoms with Crippen LogP contribution in [0.15, 0.2) is 122 Å². The summed E-state index contributed by atoms with van der Waals surface area (Å²) in [5.74, 6) is 2.37. The van der Waals surface area contributed by atoms with Gasteiger partial charge in [0.05, 0.1) is 6.26 Å². The molecule has 0 N–H and O–H groups in total. The van der Waals surface area contributed by atoms with Crippen LogP contribution < -0.4 is 14.4 Å². The maximum atomic E-state index is 5.95. The van der Waals surface area contributed by atoms with Crippen molar-refractivity contribution in [1.29, 1.82) is 0 Å². The van der Waals surface area contributed by atoms with Gasteiger partial charge in [-0.2, -0.15) is 0 Å². The zero-order chi connectivity index (χ0) is 22.0. The number of benzene rings is 4. The molecule has 0 aliphatic carbocycles. The van der Waals surface area contributed by atoms with Crippen LogP contribution >= 0.6 is 0 Å². The summed E-state index contributed by atoms with van der Waals surface area (Å²) < 4.78 is 16.9. The molecule has 32 heavy (non-hydrogen) atoms. The number of anilines is 3. The Bertz CT molecular complexity index is 1110. The molecule has 0 bridgehead atoms. The van der Waals surface area contributed by atoms with E-state index in [4.69, 9.17) is 14.2 Å². The average molecular weight is 424 g/mol. The van der Waals surface area contributed by atoms with Crippen molar-refractivity contribution in [3.8, 4) is 17.2 Å². The molecule has 0 atom stereocenters. The summed E-state index contributed by atoms with van der Waals surface area (Å²) >= 11 is 0. The first kappa shape index (κ1) is 21.1. The smallest absolute Gasteiger partial charge is 0.127 e. The van der Waals surface area contributed by atoms with Crippen LogP contribution in [0.25, 0.3) is 0 Å². The van der Waals surface area contributed by atoms with Crippen LogP contribution in [0, 0.1) is 0 Å². The molecular formula is C28H25NO3. The molecule has 0 radical (unpaired) electrons. The van der Waals surface area contributed by atoms with E-state index in [-0.39, 0.29) is 0 Å². The highest BCUT2D eigenvalue weighted by molar-refractivity contribution is 5.77. The molecular weight excluding hydrogens is 398 g/mol. The zero-order valence-corrected chi connectivity index (χ0v) is 17.8. The minimum Gasteiger partial charge on any atom is -0.498 e. The van der Waals surface area contributed by atoms with E-state index in [0.717, 1.165) is 34.3 Å². The number of hydrogen-bond donors (Lipinski definition) is 0. The van der Waals surface area contributed by atoms with Gasteiger partial charge >= 0.3 is 0 Å². The molecule has 4 aromatic rings. The summed E-state index contributed by atoms with van der Waals surface area (Å²) in [7, 11) is 0. The summed E-state index contributed by atoms with van der Waals surface area (Å²) in [5.41, 5.74) is 3.06. The van der Waals surface area contributed by atoms with Crippen LogP contribution in [0.1, 0.15) is 0 Å². The first-order chi connectivity index (χ1) is 15.8. The van der Waals surface area contributed by atoms with Gasteiger partial charge in [0.1, 0.15) is 30.5 Å². The Morgan fingerprint density at radius 2 is 1.19 bits per heavy atom. The number of para-hydroxylation sites is 2. The Balaban J connectivity index is 1.60. The van der Waals surface area contributed by atoms with E-state index in [1.807, 2.05) is 78.9 Å². The van der Waals surface area contributed by atoms with Gasteiger partial charge in [0, 0.05) is 23.1 Å². The molecule has 0 saturated heterocycles. The van der Waals surface area contributed by atoms with E-state index in [0.29, 0.717) is 13.2 Å². The molecule has 4 aromatic carbocycles. The molecule has 4 rings (SSSR count). The van der Waals surface area contributed by atoms with Crippen LogP contribution in [0.2, 0.25) is 0 Å². The molecule has 0 amide bonds. The van der Waals surface area contributed by atoms with Crippen molar-refractivity contribution in [3.05, 3.63) is 122 Å². The first-order valence-electron chi connectivity index (χ1n) is 10.5. The zero-order valence-electron chi connectivity index (χ0n) is 17.8. The fourth-order valence-electron chi connectivity index (χ4n) is 3.32. The second-order valence-electron chi connectivity index (χ2n) is 6.96. The van der Waals surface area contributed by atoms with Crippen molar-refractivity contribution in [3.63, 3.8) is 0 Å². The number of nitrogens with zero attached hydrogens (tertiary/aromatic N) is 1. The topological polar surface area (TPSA) is 30.9 Å². The van der Waals surface area contributed by atoms with Gasteiger partial charge in [-0.1, -0.05) is 49.0 Å². The maximum absolute atomic E-state index is 5.95. The lowest BCUT2D eigenvalue weighted by molar-refractivity contribution is 0.179. The molecule has 0 aromatic heterocycles. The van der Waals surface area contributed by atoms with Crippen LogP contribution in [0.4, 0.5) is 17.1 Å². The van der Waals surface area contributed by atoms with Gasteiger partial charge in [-0.25, -0.2) is 0 Å². The van der Waals surface area contributed by atoms with Gasteiger partial charge in [0.2, 0.25) is 0 Å². The fraction of sp³-hybridized carbons (Fsp3) is 0.0714. The van der Waals surface area contributed by atoms with E-state index >= 15 is 0 Å². The quantitative estimate of drug-likeness (QED) is 0.195. The average Bonchev–Trinajstić information content (AvgIpc) is 2.85. The molecule has 0 aliphatic rings. The summed E-state index contributed by atoms with van der Waals surface area (Å²) in [4.78, 5) is 2.18. The minimum absolute atomic E-state index is 0.451. The SMILES string of the molecule is C=COCCOc1cccc(N(c2ccccc2)c2ccc(Oc3ccccc3)cc2)c1. The largest absolute Gasteiger partial charge is 0.498 e. The fourth-order valence-corrected chi connectivity index (χ4v) is 3.32. The molecule has 0 fully saturated rings. The summed E-state index contributed by atoms with van der Waals surface area (Å²) in [6.45, 7) is 4.45. The highest BCUT2D eigenvalue weighted by atomic mass is 16.5. The van der Waals surface area contributed by atoms with Crippen molar-refractivity contribution < 1.29 is 14.2 Å². The predicted octanol–water partition coefficient (Wildman–Crippen LogP) is 7.49. The minimum atomic E-state index is 0.451. The van der Waals surface area contributed by atoms with Crippen molar-refractivity contribution in [1.82, 2.24) is 0 Å². The highest BCUT2D eigenvalue weighted by Crippen LogP contribution is 2.37. The van der Waals surface area contributed by atoms with Crippen LogP contribution in [-0.2, 0) is 4.74 Å². The Kier molecular flexibility index (Phi) is 7.06. The predicted molar refractivity (Wildman–Crippen MR) is 129 cm³/mol. The second-order valence-corrected chi connectivity index (χ2v) is 6.96. The van der Waals surface area contributed by atoms with Crippen LogP contribution in [-0.4, -0.2) is 13.2 Å². The molecule has 0 unspecified atom stereocenters. The lowest BCUT2D eigenvalue weighted by atomic mass is 10.2. The Morgan fingerprint density at radius 1 is 0.594 bits per heavy atom. The van der Waals surface area contributed by atoms with Crippen molar-refractivity contribution in [2.45, 2.75) is 0 Å². The third-order valence-corrected chi connectivity index (χ3v) is 4.75. The van der Waals surface area contributed by atoms with E-state index < -0.39 is 0 Å².